The monoisotopic (exact) mass is 640 g/mol. The minimum Gasteiger partial charge on any atom is -0.465 e. The van der Waals surface area contributed by atoms with Gasteiger partial charge in [0, 0.05) is 41.0 Å². The van der Waals surface area contributed by atoms with E-state index >= 15 is 0 Å². The number of rotatable bonds is 8. The number of aromatic nitrogens is 1. The lowest BCUT2D eigenvalue weighted by Gasteiger charge is -2.28. The van der Waals surface area contributed by atoms with E-state index < -0.39 is 33.5 Å². The van der Waals surface area contributed by atoms with Gasteiger partial charge in [-0.05, 0) is 75.1 Å². The Hall–Kier alpha value is -3.96. The van der Waals surface area contributed by atoms with Gasteiger partial charge in [0.15, 0.2) is 0 Å². The predicted molar refractivity (Wildman–Crippen MR) is 169 cm³/mol. The van der Waals surface area contributed by atoms with Crippen molar-refractivity contribution in [3.8, 4) is 0 Å². The number of carbonyl (C=O) groups excluding carboxylic acids is 2. The first kappa shape index (κ1) is 32.9. The molecule has 12 heteroatoms. The van der Waals surface area contributed by atoms with Gasteiger partial charge >= 0.3 is 6.09 Å². The molecular weight excluding hydrogens is 604 g/mol. The molecule has 1 saturated heterocycles. The van der Waals surface area contributed by atoms with E-state index in [0.717, 1.165) is 0 Å². The van der Waals surface area contributed by atoms with Gasteiger partial charge in [0.2, 0.25) is 0 Å². The van der Waals surface area contributed by atoms with Gasteiger partial charge in [0.1, 0.15) is 5.15 Å². The molecule has 0 saturated carbocycles. The average molecular weight is 641 g/mol. The third kappa shape index (κ3) is 7.39. The lowest BCUT2D eigenvalue weighted by Crippen LogP contribution is -2.41. The van der Waals surface area contributed by atoms with Crippen molar-refractivity contribution in [1.82, 2.24) is 14.6 Å². The molecule has 234 valence electrons. The summed E-state index contributed by atoms with van der Waals surface area (Å²) < 4.78 is 28.5. The smallest absolute Gasteiger partial charge is 0.407 e. The Labute approximate surface area is 263 Å². The maximum Gasteiger partial charge on any atom is 0.407 e. The summed E-state index contributed by atoms with van der Waals surface area (Å²) in [7, 11) is -4.38. The first-order chi connectivity index (χ1) is 20.5. The van der Waals surface area contributed by atoms with E-state index in [-0.39, 0.29) is 32.5 Å². The van der Waals surface area contributed by atoms with Crippen LogP contribution in [0, 0.1) is 5.92 Å². The number of anilines is 1. The van der Waals surface area contributed by atoms with E-state index in [2.05, 4.69) is 4.98 Å². The second-order valence-electron chi connectivity index (χ2n) is 12.6. The standard InChI is InChI=1S/C32H37ClN4O6S/c1-31(2,3)26-15-14-25(27(33)34-26)28(38)35-44(42,43)24-13-9-10-22(18-24)29(39)36(23-11-7-6-8-12-23)17-16-21-19-32(4,5)37(20-21)30(40)41/h6-15,18,21H,16-17,19-20H2,1-5H3,(H,35,38)(H,40,41). The molecule has 1 fully saturated rings. The lowest BCUT2D eigenvalue weighted by molar-refractivity contribution is 0.0975. The molecule has 3 aromatic rings. The maximum atomic E-state index is 13.8. The van der Waals surface area contributed by atoms with Gasteiger partial charge in [-0.1, -0.05) is 56.6 Å². The number of para-hydroxylation sites is 1. The topological polar surface area (TPSA) is 137 Å². The highest BCUT2D eigenvalue weighted by molar-refractivity contribution is 7.90. The van der Waals surface area contributed by atoms with Crippen molar-refractivity contribution in [1.29, 1.82) is 0 Å². The number of pyridine rings is 1. The third-order valence-electron chi connectivity index (χ3n) is 7.74. The van der Waals surface area contributed by atoms with Gasteiger partial charge in [-0.3, -0.25) is 9.59 Å². The summed E-state index contributed by atoms with van der Waals surface area (Å²) in [6.45, 7) is 10.2. The summed E-state index contributed by atoms with van der Waals surface area (Å²) in [5.74, 6) is -1.33. The van der Waals surface area contributed by atoms with E-state index in [1.54, 1.807) is 35.2 Å². The normalized spacial score (nSPS) is 16.4. The Morgan fingerprint density at radius 2 is 1.75 bits per heavy atom. The predicted octanol–water partition coefficient (Wildman–Crippen LogP) is 5.97. The first-order valence-electron chi connectivity index (χ1n) is 14.2. The highest BCUT2D eigenvalue weighted by Crippen LogP contribution is 2.35. The van der Waals surface area contributed by atoms with Crippen molar-refractivity contribution in [2.75, 3.05) is 18.0 Å². The molecule has 3 amide bonds. The lowest BCUT2D eigenvalue weighted by atomic mass is 9.91. The fourth-order valence-corrected chi connectivity index (χ4v) is 6.65. The summed E-state index contributed by atoms with van der Waals surface area (Å²) in [6.07, 6.45) is 0.228. The van der Waals surface area contributed by atoms with Crippen LogP contribution in [0.25, 0.3) is 0 Å². The van der Waals surface area contributed by atoms with Crippen molar-refractivity contribution >= 4 is 45.2 Å². The SMILES string of the molecule is CC(C)(C)c1ccc(C(=O)NS(=O)(=O)c2cccc(C(=O)N(CCC3CN(C(=O)O)C(C)(C)C3)c3ccccc3)c2)c(Cl)n1. The molecule has 1 aliphatic rings. The molecule has 2 N–H and O–H groups in total. The Kier molecular flexibility index (Phi) is 9.41. The van der Waals surface area contributed by atoms with Crippen LogP contribution in [0.1, 0.15) is 73.9 Å². The van der Waals surface area contributed by atoms with Crippen molar-refractivity contribution in [2.24, 2.45) is 5.92 Å². The number of likely N-dealkylation sites (tertiary alicyclic amines) is 1. The molecule has 10 nitrogen and oxygen atoms in total. The van der Waals surface area contributed by atoms with Crippen molar-refractivity contribution < 1.29 is 27.9 Å². The molecular formula is C32H37ClN4O6S. The van der Waals surface area contributed by atoms with Gasteiger partial charge in [-0.2, -0.15) is 0 Å². The summed E-state index contributed by atoms with van der Waals surface area (Å²) >= 11 is 6.23. The molecule has 2 heterocycles. The molecule has 1 aromatic heterocycles. The number of halogens is 1. The molecule has 0 bridgehead atoms. The zero-order valence-electron chi connectivity index (χ0n) is 25.4. The van der Waals surface area contributed by atoms with Crippen molar-refractivity contribution in [2.45, 2.75) is 63.3 Å². The highest BCUT2D eigenvalue weighted by Gasteiger charge is 2.41. The van der Waals surface area contributed by atoms with E-state index in [0.29, 0.717) is 37.3 Å². The molecule has 1 atom stereocenters. The van der Waals surface area contributed by atoms with Crippen molar-refractivity contribution in [3.63, 3.8) is 0 Å². The Morgan fingerprint density at radius 1 is 1.07 bits per heavy atom. The molecule has 1 aliphatic heterocycles. The van der Waals surface area contributed by atoms with Gasteiger partial charge in [-0.25, -0.2) is 22.9 Å². The number of sulfonamides is 1. The third-order valence-corrected chi connectivity index (χ3v) is 9.36. The van der Waals surface area contributed by atoms with E-state index in [1.165, 1.54) is 35.2 Å². The summed E-state index contributed by atoms with van der Waals surface area (Å²) in [5.41, 5.74) is 0.441. The number of carboxylic acid groups (broad SMARTS) is 1. The van der Waals surface area contributed by atoms with Crippen LogP contribution in [-0.2, 0) is 15.4 Å². The van der Waals surface area contributed by atoms with Gasteiger partial charge in [0.05, 0.1) is 10.5 Å². The molecule has 2 aromatic carbocycles. The van der Waals surface area contributed by atoms with Gasteiger partial charge < -0.3 is 14.9 Å². The number of nitrogens with one attached hydrogen (secondary N) is 1. The van der Waals surface area contributed by atoms with Crippen LogP contribution >= 0.6 is 11.6 Å². The Bertz CT molecular complexity index is 1670. The van der Waals surface area contributed by atoms with Crippen LogP contribution in [0.15, 0.2) is 71.6 Å². The van der Waals surface area contributed by atoms with E-state index in [9.17, 15) is 27.9 Å². The second-order valence-corrected chi connectivity index (χ2v) is 14.6. The molecule has 1 unspecified atom stereocenters. The average Bonchev–Trinajstić information content (AvgIpc) is 3.27. The van der Waals surface area contributed by atoms with Crippen LogP contribution in [0.3, 0.4) is 0 Å². The number of benzene rings is 2. The van der Waals surface area contributed by atoms with E-state index in [1.807, 2.05) is 45.4 Å². The molecule has 44 heavy (non-hydrogen) atoms. The molecule has 0 aliphatic carbocycles. The molecule has 0 radical (unpaired) electrons. The minimum absolute atomic E-state index is 0.0424. The fraction of sp³-hybridized carbons (Fsp3) is 0.375. The quantitative estimate of drug-likeness (QED) is 0.290. The van der Waals surface area contributed by atoms with E-state index in [4.69, 9.17) is 11.6 Å². The Balaban J connectivity index is 1.55. The molecule has 4 rings (SSSR count). The number of nitrogens with zero attached hydrogens (tertiary/aromatic N) is 3. The minimum atomic E-state index is -4.38. The zero-order chi connectivity index (χ0) is 32.4. The highest BCUT2D eigenvalue weighted by atomic mass is 35.5. The van der Waals surface area contributed by atoms with Crippen LogP contribution in [0.5, 0.6) is 0 Å². The Morgan fingerprint density at radius 3 is 2.34 bits per heavy atom. The number of carbonyl (C=O) groups is 3. The molecule has 0 spiro atoms. The second kappa shape index (κ2) is 12.6. The van der Waals surface area contributed by atoms with Crippen molar-refractivity contribution in [3.05, 3.63) is 88.7 Å². The summed E-state index contributed by atoms with van der Waals surface area (Å²) in [6, 6.07) is 17.5. The first-order valence-corrected chi connectivity index (χ1v) is 16.1. The van der Waals surface area contributed by atoms with Gasteiger partial charge in [0.25, 0.3) is 21.8 Å². The largest absolute Gasteiger partial charge is 0.465 e. The summed E-state index contributed by atoms with van der Waals surface area (Å²) in [5, 5.41) is 9.48. The van der Waals surface area contributed by atoms with Crippen LogP contribution < -0.4 is 9.62 Å². The fourth-order valence-electron chi connectivity index (χ4n) is 5.39. The summed E-state index contributed by atoms with van der Waals surface area (Å²) in [4.78, 5) is 45.4. The maximum absolute atomic E-state index is 13.8. The van der Waals surface area contributed by atoms with Crippen LogP contribution in [0.2, 0.25) is 5.15 Å². The zero-order valence-corrected chi connectivity index (χ0v) is 26.9. The number of hydrogen-bond donors (Lipinski definition) is 2. The van der Waals surface area contributed by atoms with Gasteiger partial charge in [-0.15, -0.1) is 0 Å². The number of amides is 3. The van der Waals surface area contributed by atoms with Crippen LogP contribution in [0.4, 0.5) is 10.5 Å². The number of hydrogen-bond acceptors (Lipinski definition) is 6. The van der Waals surface area contributed by atoms with Crippen LogP contribution in [-0.4, -0.2) is 59.9 Å².